The van der Waals surface area contributed by atoms with Crippen molar-refractivity contribution in [2.75, 3.05) is 0 Å². The normalized spacial score (nSPS) is 11.5. The number of fused-ring (bicyclic) bond motifs is 8. The van der Waals surface area contributed by atoms with Gasteiger partial charge in [0.05, 0.1) is 0 Å². The fourth-order valence-electron chi connectivity index (χ4n) is 5.92. The zero-order valence-electron chi connectivity index (χ0n) is 26.1. The van der Waals surface area contributed by atoms with Crippen LogP contribution in [0.3, 0.4) is 0 Å². The average Bonchev–Trinajstić information content (AvgIpc) is 3.81. The third-order valence-corrected chi connectivity index (χ3v) is 10.2. The molecule has 0 radical (unpaired) electrons. The zero-order valence-corrected chi connectivity index (χ0v) is 31.2. The summed E-state index contributed by atoms with van der Waals surface area (Å²) in [4.78, 5) is 0. The van der Waals surface area contributed by atoms with Gasteiger partial charge in [0, 0.05) is 0 Å². The smallest absolute Gasteiger partial charge is 0.0240 e. The molecule has 0 atom stereocenters. The summed E-state index contributed by atoms with van der Waals surface area (Å²) in [5.74, 6) is 0. The molecule has 1 aliphatic carbocycles. The van der Waals surface area contributed by atoms with Crippen molar-refractivity contribution in [3.05, 3.63) is 185 Å². The summed E-state index contributed by atoms with van der Waals surface area (Å²) in [7, 11) is 0. The van der Waals surface area contributed by atoms with Gasteiger partial charge in [-0.1, -0.05) is 53.9 Å². The largest absolute Gasteiger partial charge is 1.00 e. The van der Waals surface area contributed by atoms with Crippen LogP contribution in [0.15, 0.2) is 146 Å². The summed E-state index contributed by atoms with van der Waals surface area (Å²) in [5, 5.41) is 5.30. The Morgan fingerprint density at radius 1 is 0.600 bits per heavy atom. The Morgan fingerprint density at radius 2 is 1.14 bits per heavy atom. The predicted octanol–water partition coefficient (Wildman–Crippen LogP) is 5.62. The molecule has 1 aliphatic rings. The third-order valence-electron chi connectivity index (χ3n) is 8.11. The summed E-state index contributed by atoms with van der Waals surface area (Å²) in [6, 6.07) is 46.6. The van der Waals surface area contributed by atoms with E-state index in [-0.39, 0.29) is 24.8 Å². The van der Waals surface area contributed by atoms with E-state index in [2.05, 4.69) is 66.7 Å². The average molecular weight is 882 g/mol. The van der Waals surface area contributed by atoms with E-state index in [4.69, 9.17) is 0 Å². The van der Waals surface area contributed by atoms with E-state index in [1.807, 2.05) is 36.4 Å². The fraction of sp³-hybridized carbons (Fsp3) is 0.0732. The molecule has 0 spiro atoms. The number of hydrogen-bond donors (Lipinski definition) is 0. The van der Waals surface area contributed by atoms with Crippen LogP contribution < -0.4 is 24.8 Å². The summed E-state index contributed by atoms with van der Waals surface area (Å²) in [6.45, 7) is 0. The van der Waals surface area contributed by atoms with Gasteiger partial charge in [-0.3, -0.25) is 0 Å². The summed E-state index contributed by atoms with van der Waals surface area (Å²) >= 11 is 0.316. The maximum Gasteiger partial charge on any atom is -0.0240 e. The van der Waals surface area contributed by atoms with Crippen LogP contribution in [0.5, 0.6) is 0 Å². The molecule has 7 aromatic rings. The molecule has 0 unspecified atom stereocenters. The molecular weight excluding hydrogens is 856 g/mol. The fourth-order valence-corrected chi connectivity index (χ4v) is 7.03. The van der Waals surface area contributed by atoms with Gasteiger partial charge in [0.1, 0.15) is 0 Å². The van der Waals surface area contributed by atoms with Gasteiger partial charge in [-0.2, -0.15) is 18.2 Å². The number of benzene rings is 6. The van der Waals surface area contributed by atoms with Gasteiger partial charge in [-0.05, 0) is 28.5 Å². The first-order chi connectivity index (χ1) is 23.0. The number of halogens is 8. The van der Waals surface area contributed by atoms with Crippen LogP contribution in [0.2, 0.25) is 0 Å². The molecule has 9 heteroatoms. The van der Waals surface area contributed by atoms with Gasteiger partial charge in [-0.25, -0.2) is 12.1 Å². The van der Waals surface area contributed by atoms with Crippen molar-refractivity contribution in [3.8, 4) is 11.1 Å². The van der Waals surface area contributed by atoms with Crippen LogP contribution in [0.25, 0.3) is 32.7 Å². The van der Waals surface area contributed by atoms with Crippen LogP contribution >= 0.6 is 0 Å². The Balaban J connectivity index is 0.000000190. The third kappa shape index (κ3) is 8.51. The van der Waals surface area contributed by atoms with Gasteiger partial charge in [0.25, 0.3) is 0 Å². The number of hydrogen-bond acceptors (Lipinski definition) is 0. The van der Waals surface area contributed by atoms with Crippen molar-refractivity contribution in [1.29, 1.82) is 0 Å². The maximum atomic E-state index is 12.7. The molecule has 0 N–H and O–H groups in total. The molecule has 0 bridgehead atoms. The van der Waals surface area contributed by atoms with E-state index in [0.29, 0.717) is 38.3 Å². The molecule has 0 fully saturated rings. The minimum Gasteiger partial charge on any atom is -1.00 e. The van der Waals surface area contributed by atoms with Crippen LogP contribution in [0.4, 0.5) is 26.3 Å². The molecule has 0 aliphatic heterocycles. The summed E-state index contributed by atoms with van der Waals surface area (Å²) < 4.78 is 76.7. The van der Waals surface area contributed by atoms with E-state index in [9.17, 15) is 26.3 Å². The molecule has 50 heavy (non-hydrogen) atoms. The van der Waals surface area contributed by atoms with Crippen molar-refractivity contribution in [2.45, 2.75) is 18.8 Å². The maximum absolute atomic E-state index is 12.7. The molecule has 252 valence electrons. The first kappa shape index (κ1) is 38.9. The van der Waals surface area contributed by atoms with Crippen LogP contribution in [0, 0.1) is 6.07 Å². The van der Waals surface area contributed by atoms with Crippen LogP contribution in [0.1, 0.15) is 33.4 Å². The molecular formula is C41H26Cl2F6Hf-2. The Hall–Kier alpha value is -3.91. The van der Waals surface area contributed by atoms with Gasteiger partial charge in [0.2, 0.25) is 0 Å². The van der Waals surface area contributed by atoms with Crippen molar-refractivity contribution in [1.82, 2.24) is 0 Å². The second-order valence-corrected chi connectivity index (χ2v) is 13.0. The number of rotatable bonds is 2. The van der Waals surface area contributed by atoms with Gasteiger partial charge >= 0.3 is 137 Å². The Morgan fingerprint density at radius 3 is 1.70 bits per heavy atom. The van der Waals surface area contributed by atoms with E-state index in [1.54, 1.807) is 0 Å². The Kier molecular flexibility index (Phi) is 12.8. The van der Waals surface area contributed by atoms with Crippen LogP contribution in [-0.2, 0) is 42.7 Å². The zero-order chi connectivity index (χ0) is 33.9. The molecule has 0 saturated carbocycles. The van der Waals surface area contributed by atoms with E-state index in [1.165, 1.54) is 68.1 Å². The first-order valence-electron chi connectivity index (χ1n) is 15.0. The molecule has 0 amide bonds. The van der Waals surface area contributed by atoms with Crippen molar-refractivity contribution < 1.29 is 75.0 Å². The first-order valence-corrected chi connectivity index (χ1v) is 16.8. The van der Waals surface area contributed by atoms with E-state index >= 15 is 0 Å². The quantitative estimate of drug-likeness (QED) is 0.0918. The van der Waals surface area contributed by atoms with Gasteiger partial charge < -0.3 is 24.8 Å². The second-order valence-electron chi connectivity index (χ2n) is 11.2. The predicted molar refractivity (Wildman–Crippen MR) is 177 cm³/mol. The molecule has 0 nitrogen and oxygen atoms in total. The van der Waals surface area contributed by atoms with Crippen molar-refractivity contribution >= 4 is 24.8 Å². The minimum absolute atomic E-state index is 0. The molecule has 8 rings (SSSR count). The summed E-state index contributed by atoms with van der Waals surface area (Å²) in [6.07, 6.45) is -7.94. The van der Waals surface area contributed by atoms with Crippen LogP contribution in [-0.4, -0.2) is 3.26 Å². The Labute approximate surface area is 313 Å². The second kappa shape index (κ2) is 16.4. The van der Waals surface area contributed by atoms with E-state index < -0.39 is 23.5 Å². The van der Waals surface area contributed by atoms with Crippen molar-refractivity contribution in [3.63, 3.8) is 0 Å². The van der Waals surface area contributed by atoms with Gasteiger partial charge in [-0.15, -0.1) is 40.6 Å². The molecule has 0 saturated heterocycles. The van der Waals surface area contributed by atoms with E-state index in [0.717, 1.165) is 30.7 Å². The summed E-state index contributed by atoms with van der Waals surface area (Å²) in [5.41, 5.74) is 4.63. The Bertz CT molecular complexity index is 2140. The van der Waals surface area contributed by atoms with Gasteiger partial charge in [0.15, 0.2) is 0 Å². The standard InChI is InChI=1S/C21H13.C15H8F6.C5H5.2ClH.Hf/c1-2-8-15-14(7-1)13-20-18-11-4-3-9-16(18)17-10-5-6-12-19(17)21(15)20;16-14(17,18)12-5-1-3-10(8-12)7-11-4-2-6-13(9-11)15(19,20)21;1-2-4-5-3-1;;;/h1-10,12H,13H2;1-6,8-9H;1-5H;2*1H;/q-1;;-1;;;+2/p-2. The topological polar surface area (TPSA) is 0 Å². The minimum atomic E-state index is -4.48. The SMILES string of the molecule is FC(F)(F)c1cccc([C](=[Hf+2])c2cccc(C(F)(F)F)c2)c1.[Cl-].[Cl-].[c-]1cccc2c1c1c(c3ccccc32)-c2ccccc2C1.c1cc[cH-]c1. The monoisotopic (exact) mass is 882 g/mol. The molecule has 0 heterocycles. The molecule has 7 aromatic carbocycles. The molecule has 0 aromatic heterocycles. The van der Waals surface area contributed by atoms with Crippen molar-refractivity contribution in [2.24, 2.45) is 0 Å². The number of alkyl halides is 6.